The molecule has 9 heteroatoms. The Kier molecular flexibility index (Phi) is 3.42. The van der Waals surface area contributed by atoms with E-state index < -0.39 is 0 Å². The van der Waals surface area contributed by atoms with Gasteiger partial charge < -0.3 is 14.5 Å². The Morgan fingerprint density at radius 3 is 2.67 bits per heavy atom. The molecule has 0 aromatic carbocycles. The van der Waals surface area contributed by atoms with E-state index in [9.17, 15) is 5.11 Å². The molecular formula is C21H13N7O2. The fraction of sp³-hybridized carbons (Fsp3) is 0. The second kappa shape index (κ2) is 6.24. The van der Waals surface area contributed by atoms with Crippen LogP contribution in [0, 0.1) is 0 Å². The first-order valence-electron chi connectivity index (χ1n) is 9.12. The lowest BCUT2D eigenvalue weighted by Gasteiger charge is -2.01. The SMILES string of the molecule is Oc1cncc(-c2ccc3[nH]nc(-c4nc5c(-c6ccoc6)cncc5[nH]4)c3n2)c1. The molecule has 0 unspecified atom stereocenters. The number of nitrogens with one attached hydrogen (secondary N) is 2. The third-order valence-electron chi connectivity index (χ3n) is 4.88. The fourth-order valence-electron chi connectivity index (χ4n) is 3.47. The average Bonchev–Trinajstić information content (AvgIpc) is 3.51. The van der Waals surface area contributed by atoms with E-state index in [4.69, 9.17) is 14.4 Å². The van der Waals surface area contributed by atoms with E-state index in [-0.39, 0.29) is 5.75 Å². The van der Waals surface area contributed by atoms with Gasteiger partial charge in [0, 0.05) is 29.1 Å². The van der Waals surface area contributed by atoms with Gasteiger partial charge in [0.1, 0.15) is 16.8 Å². The molecule has 0 spiro atoms. The van der Waals surface area contributed by atoms with Crippen molar-refractivity contribution < 1.29 is 9.52 Å². The number of H-pyrrole nitrogens is 2. The Hall–Kier alpha value is -4.53. The molecule has 6 heterocycles. The molecule has 0 aliphatic heterocycles. The minimum absolute atomic E-state index is 0.0818. The van der Waals surface area contributed by atoms with Crippen LogP contribution in [0.5, 0.6) is 5.75 Å². The van der Waals surface area contributed by atoms with Crippen LogP contribution in [-0.4, -0.2) is 40.2 Å². The molecule has 6 aromatic heterocycles. The van der Waals surface area contributed by atoms with E-state index in [1.807, 2.05) is 18.2 Å². The number of hydrogen-bond acceptors (Lipinski definition) is 7. The second-order valence-electron chi connectivity index (χ2n) is 6.78. The maximum atomic E-state index is 9.73. The molecule has 0 radical (unpaired) electrons. The molecule has 0 fully saturated rings. The number of pyridine rings is 3. The van der Waals surface area contributed by atoms with Crippen molar-refractivity contribution in [3.8, 4) is 39.7 Å². The molecule has 30 heavy (non-hydrogen) atoms. The minimum Gasteiger partial charge on any atom is -0.506 e. The predicted molar refractivity (Wildman–Crippen MR) is 109 cm³/mol. The first kappa shape index (κ1) is 16.4. The van der Waals surface area contributed by atoms with E-state index in [0.29, 0.717) is 28.3 Å². The number of aromatic amines is 2. The standard InChI is InChI=1S/C21H13N7O2/c29-13-5-12(6-22-7-13)15-1-2-16-19(24-15)20(28-27-16)21-25-17-9-23-8-14(18(17)26-21)11-3-4-30-10-11/h1-10,29H,(H,25,26)(H,27,28). The highest BCUT2D eigenvalue weighted by molar-refractivity contribution is 5.95. The number of nitrogens with zero attached hydrogens (tertiary/aromatic N) is 5. The molecule has 0 saturated heterocycles. The Morgan fingerprint density at radius 1 is 0.867 bits per heavy atom. The summed E-state index contributed by atoms with van der Waals surface area (Å²) in [6.45, 7) is 0. The largest absolute Gasteiger partial charge is 0.506 e. The summed E-state index contributed by atoms with van der Waals surface area (Å²) < 4.78 is 5.20. The van der Waals surface area contributed by atoms with Gasteiger partial charge in [-0.25, -0.2) is 9.97 Å². The van der Waals surface area contributed by atoms with Crippen LogP contribution >= 0.6 is 0 Å². The highest BCUT2D eigenvalue weighted by atomic mass is 16.3. The van der Waals surface area contributed by atoms with Gasteiger partial charge in [-0.3, -0.25) is 15.1 Å². The Labute approximate surface area is 168 Å². The summed E-state index contributed by atoms with van der Waals surface area (Å²) in [7, 11) is 0. The number of rotatable bonds is 3. The van der Waals surface area contributed by atoms with E-state index in [1.165, 1.54) is 6.20 Å². The second-order valence-corrected chi connectivity index (χ2v) is 6.78. The van der Waals surface area contributed by atoms with Crippen molar-refractivity contribution in [1.82, 2.24) is 35.1 Å². The van der Waals surface area contributed by atoms with Crippen LogP contribution in [0.4, 0.5) is 0 Å². The zero-order valence-electron chi connectivity index (χ0n) is 15.4. The molecule has 6 aromatic rings. The van der Waals surface area contributed by atoms with Gasteiger partial charge in [0.2, 0.25) is 0 Å². The van der Waals surface area contributed by atoms with Crippen LogP contribution in [0.15, 0.2) is 66.0 Å². The zero-order valence-corrected chi connectivity index (χ0v) is 15.4. The summed E-state index contributed by atoms with van der Waals surface area (Å²) in [5, 5.41) is 17.1. The van der Waals surface area contributed by atoms with E-state index in [0.717, 1.165) is 27.7 Å². The summed E-state index contributed by atoms with van der Waals surface area (Å²) in [5.74, 6) is 0.658. The van der Waals surface area contributed by atoms with Crippen molar-refractivity contribution in [3.05, 3.63) is 61.6 Å². The first-order valence-corrected chi connectivity index (χ1v) is 9.12. The van der Waals surface area contributed by atoms with Crippen LogP contribution in [0.2, 0.25) is 0 Å². The molecule has 3 N–H and O–H groups in total. The van der Waals surface area contributed by atoms with Crippen LogP contribution in [0.1, 0.15) is 0 Å². The van der Waals surface area contributed by atoms with Crippen LogP contribution in [-0.2, 0) is 0 Å². The number of imidazole rings is 1. The van der Waals surface area contributed by atoms with Crippen LogP contribution in [0.3, 0.4) is 0 Å². The third kappa shape index (κ3) is 2.53. The first-order chi connectivity index (χ1) is 14.8. The molecule has 0 amide bonds. The monoisotopic (exact) mass is 395 g/mol. The van der Waals surface area contributed by atoms with Gasteiger partial charge in [0.15, 0.2) is 11.5 Å². The molecule has 144 valence electrons. The maximum Gasteiger partial charge on any atom is 0.161 e. The lowest BCUT2D eigenvalue weighted by molar-refractivity contribution is 0.473. The van der Waals surface area contributed by atoms with Gasteiger partial charge in [-0.15, -0.1) is 0 Å². The summed E-state index contributed by atoms with van der Waals surface area (Å²) in [4.78, 5) is 21.1. The van der Waals surface area contributed by atoms with Crippen LogP contribution < -0.4 is 0 Å². The van der Waals surface area contributed by atoms with Crippen LogP contribution in [0.25, 0.3) is 56.0 Å². The predicted octanol–water partition coefficient (Wildman–Crippen LogP) is 3.92. The normalized spacial score (nSPS) is 11.5. The van der Waals surface area contributed by atoms with Crippen molar-refractivity contribution in [2.24, 2.45) is 0 Å². The minimum atomic E-state index is 0.0818. The smallest absolute Gasteiger partial charge is 0.161 e. The topological polar surface area (TPSA) is 129 Å². The molecule has 6 rings (SSSR count). The number of furan rings is 1. The van der Waals surface area contributed by atoms with Gasteiger partial charge in [-0.2, -0.15) is 5.10 Å². The van der Waals surface area contributed by atoms with Crippen molar-refractivity contribution >= 4 is 22.1 Å². The number of aromatic hydroxyl groups is 1. The van der Waals surface area contributed by atoms with Crippen molar-refractivity contribution in [1.29, 1.82) is 0 Å². The highest BCUT2D eigenvalue weighted by Gasteiger charge is 2.17. The quantitative estimate of drug-likeness (QED) is 0.414. The van der Waals surface area contributed by atoms with Crippen molar-refractivity contribution in [2.75, 3.05) is 0 Å². The van der Waals surface area contributed by atoms with Gasteiger partial charge >= 0.3 is 0 Å². The van der Waals surface area contributed by atoms with E-state index in [2.05, 4.69) is 25.1 Å². The van der Waals surface area contributed by atoms with Crippen molar-refractivity contribution in [3.63, 3.8) is 0 Å². The van der Waals surface area contributed by atoms with Gasteiger partial charge in [-0.1, -0.05) is 0 Å². The number of hydrogen-bond donors (Lipinski definition) is 3. The Balaban J connectivity index is 1.52. The molecule has 0 aliphatic rings. The summed E-state index contributed by atoms with van der Waals surface area (Å²) in [5.41, 5.74) is 6.72. The summed E-state index contributed by atoms with van der Waals surface area (Å²) >= 11 is 0. The average molecular weight is 395 g/mol. The van der Waals surface area contributed by atoms with E-state index >= 15 is 0 Å². The number of fused-ring (bicyclic) bond motifs is 2. The lowest BCUT2D eigenvalue weighted by Crippen LogP contribution is -1.87. The molecule has 0 aliphatic carbocycles. The molecular weight excluding hydrogens is 382 g/mol. The number of aromatic nitrogens is 7. The Bertz CT molecular complexity index is 1520. The molecule has 0 atom stereocenters. The third-order valence-corrected chi connectivity index (χ3v) is 4.88. The van der Waals surface area contributed by atoms with Crippen molar-refractivity contribution in [2.45, 2.75) is 0 Å². The zero-order chi connectivity index (χ0) is 20.1. The lowest BCUT2D eigenvalue weighted by atomic mass is 10.1. The Morgan fingerprint density at radius 2 is 1.80 bits per heavy atom. The van der Waals surface area contributed by atoms with Gasteiger partial charge in [-0.05, 0) is 24.3 Å². The van der Waals surface area contributed by atoms with Gasteiger partial charge in [0.25, 0.3) is 0 Å². The highest BCUT2D eigenvalue weighted by Crippen LogP contribution is 2.31. The maximum absolute atomic E-state index is 9.73. The molecule has 0 bridgehead atoms. The molecule has 0 saturated carbocycles. The fourth-order valence-corrected chi connectivity index (χ4v) is 3.47. The van der Waals surface area contributed by atoms with Gasteiger partial charge in [0.05, 0.1) is 41.6 Å². The summed E-state index contributed by atoms with van der Waals surface area (Å²) in [6.07, 6.45) is 9.78. The summed E-state index contributed by atoms with van der Waals surface area (Å²) in [6, 6.07) is 7.22. The van der Waals surface area contributed by atoms with E-state index in [1.54, 1.807) is 37.2 Å². The molecule has 9 nitrogen and oxygen atoms in total.